The lowest BCUT2D eigenvalue weighted by Gasteiger charge is -2.43. The Hall–Kier alpha value is -1.14. The Morgan fingerprint density at radius 1 is 1.12 bits per heavy atom. The van der Waals surface area contributed by atoms with Gasteiger partial charge in [0.2, 0.25) is 0 Å². The molecule has 6 nitrogen and oxygen atoms in total. The second-order valence-electron chi connectivity index (χ2n) is 7.75. The Labute approximate surface area is 145 Å². The molecule has 1 aliphatic heterocycles. The molecule has 1 atom stereocenters. The van der Waals surface area contributed by atoms with E-state index in [1.54, 1.807) is 0 Å². The SMILES string of the molecule is CCOC(=O)C1CCC(N2CCNCC2C(=O)OC(C)(C)C)CC1. The standard InChI is InChI=1S/C18H32N2O4/c1-5-23-16(21)13-6-8-14(9-7-13)20-11-10-19-12-15(20)17(22)24-18(2,3)4/h13-15,19H,5-12H2,1-4H3. The number of hydrogen-bond donors (Lipinski definition) is 1. The largest absolute Gasteiger partial charge is 0.466 e. The second kappa shape index (κ2) is 8.30. The molecular formula is C18H32N2O4. The van der Waals surface area contributed by atoms with E-state index in [-0.39, 0.29) is 23.9 Å². The number of carbonyl (C=O) groups is 2. The Kier molecular flexibility index (Phi) is 6.63. The molecule has 0 bridgehead atoms. The normalized spacial score (nSPS) is 29.1. The fourth-order valence-electron chi connectivity index (χ4n) is 3.65. The molecule has 24 heavy (non-hydrogen) atoms. The molecule has 2 rings (SSSR count). The van der Waals surface area contributed by atoms with Crippen molar-refractivity contribution in [3.05, 3.63) is 0 Å². The smallest absolute Gasteiger partial charge is 0.325 e. The number of piperazine rings is 1. The molecule has 0 spiro atoms. The highest BCUT2D eigenvalue weighted by Crippen LogP contribution is 2.30. The van der Waals surface area contributed by atoms with Gasteiger partial charge in [-0.05, 0) is 53.4 Å². The van der Waals surface area contributed by atoms with Crippen molar-refractivity contribution in [3.63, 3.8) is 0 Å². The molecule has 0 aromatic carbocycles. The summed E-state index contributed by atoms with van der Waals surface area (Å²) in [6.07, 6.45) is 3.55. The average molecular weight is 340 g/mol. The summed E-state index contributed by atoms with van der Waals surface area (Å²) in [6, 6.07) is 0.109. The molecule has 1 unspecified atom stereocenters. The first-order valence-electron chi connectivity index (χ1n) is 9.17. The van der Waals surface area contributed by atoms with E-state index in [0.29, 0.717) is 19.2 Å². The van der Waals surface area contributed by atoms with Crippen molar-refractivity contribution in [2.24, 2.45) is 5.92 Å². The van der Waals surface area contributed by atoms with Crippen molar-refractivity contribution in [1.29, 1.82) is 0 Å². The molecule has 0 aromatic heterocycles. The molecule has 6 heteroatoms. The lowest BCUT2D eigenvalue weighted by molar-refractivity contribution is -0.164. The van der Waals surface area contributed by atoms with Crippen LogP contribution in [0.3, 0.4) is 0 Å². The minimum Gasteiger partial charge on any atom is -0.466 e. The van der Waals surface area contributed by atoms with Crippen LogP contribution in [0.15, 0.2) is 0 Å². The van der Waals surface area contributed by atoms with Gasteiger partial charge in [-0.2, -0.15) is 0 Å². The van der Waals surface area contributed by atoms with Crippen LogP contribution in [0, 0.1) is 5.92 Å². The van der Waals surface area contributed by atoms with E-state index in [4.69, 9.17) is 9.47 Å². The summed E-state index contributed by atoms with van der Waals surface area (Å²) in [6.45, 7) is 10.3. The summed E-state index contributed by atoms with van der Waals surface area (Å²) >= 11 is 0. The zero-order chi connectivity index (χ0) is 17.7. The van der Waals surface area contributed by atoms with Crippen molar-refractivity contribution in [3.8, 4) is 0 Å². The van der Waals surface area contributed by atoms with Crippen LogP contribution in [0.4, 0.5) is 0 Å². The Morgan fingerprint density at radius 2 is 1.79 bits per heavy atom. The van der Waals surface area contributed by atoms with Gasteiger partial charge < -0.3 is 14.8 Å². The highest BCUT2D eigenvalue weighted by atomic mass is 16.6. The van der Waals surface area contributed by atoms with Crippen molar-refractivity contribution in [2.45, 2.75) is 71.1 Å². The van der Waals surface area contributed by atoms with Gasteiger partial charge >= 0.3 is 11.9 Å². The Morgan fingerprint density at radius 3 is 2.38 bits per heavy atom. The third-order valence-corrected chi connectivity index (χ3v) is 4.75. The fourth-order valence-corrected chi connectivity index (χ4v) is 3.65. The van der Waals surface area contributed by atoms with Crippen LogP contribution in [-0.4, -0.2) is 60.8 Å². The van der Waals surface area contributed by atoms with Crippen LogP contribution in [-0.2, 0) is 19.1 Å². The average Bonchev–Trinajstić information content (AvgIpc) is 2.53. The predicted molar refractivity (Wildman–Crippen MR) is 91.6 cm³/mol. The topological polar surface area (TPSA) is 67.9 Å². The van der Waals surface area contributed by atoms with E-state index in [2.05, 4.69) is 10.2 Å². The van der Waals surface area contributed by atoms with Crippen molar-refractivity contribution >= 4 is 11.9 Å². The number of esters is 2. The number of hydrogen-bond acceptors (Lipinski definition) is 6. The third-order valence-electron chi connectivity index (χ3n) is 4.75. The van der Waals surface area contributed by atoms with Gasteiger partial charge in [0, 0.05) is 25.7 Å². The van der Waals surface area contributed by atoms with Crippen LogP contribution >= 0.6 is 0 Å². The maximum absolute atomic E-state index is 12.5. The summed E-state index contributed by atoms with van der Waals surface area (Å²) in [4.78, 5) is 26.7. The van der Waals surface area contributed by atoms with E-state index in [1.165, 1.54) is 0 Å². The molecule has 138 valence electrons. The van der Waals surface area contributed by atoms with E-state index < -0.39 is 5.60 Å². The van der Waals surface area contributed by atoms with Gasteiger partial charge in [0.15, 0.2) is 0 Å². The molecule has 1 saturated heterocycles. The molecule has 1 aliphatic carbocycles. The summed E-state index contributed by atoms with van der Waals surface area (Å²) in [7, 11) is 0. The number of rotatable bonds is 4. The lowest BCUT2D eigenvalue weighted by atomic mass is 9.84. The molecule has 0 amide bonds. The van der Waals surface area contributed by atoms with E-state index in [1.807, 2.05) is 27.7 Å². The molecule has 0 aromatic rings. The van der Waals surface area contributed by atoms with Gasteiger partial charge in [0.05, 0.1) is 12.5 Å². The summed E-state index contributed by atoms with van der Waals surface area (Å²) in [5.41, 5.74) is -0.470. The second-order valence-corrected chi connectivity index (χ2v) is 7.75. The van der Waals surface area contributed by atoms with Crippen LogP contribution in [0.5, 0.6) is 0 Å². The van der Waals surface area contributed by atoms with Gasteiger partial charge in [-0.25, -0.2) is 0 Å². The minimum atomic E-state index is -0.470. The molecule has 0 radical (unpaired) electrons. The first kappa shape index (κ1) is 19.2. The van der Waals surface area contributed by atoms with Gasteiger partial charge in [-0.15, -0.1) is 0 Å². The predicted octanol–water partition coefficient (Wildman–Crippen LogP) is 1.72. The lowest BCUT2D eigenvalue weighted by Crippen LogP contribution is -2.59. The van der Waals surface area contributed by atoms with Crippen LogP contribution in [0.1, 0.15) is 53.4 Å². The molecule has 2 aliphatic rings. The zero-order valence-electron chi connectivity index (χ0n) is 15.5. The number of carbonyl (C=O) groups excluding carboxylic acids is 2. The monoisotopic (exact) mass is 340 g/mol. The Bertz CT molecular complexity index is 439. The zero-order valence-corrected chi connectivity index (χ0v) is 15.5. The fraction of sp³-hybridized carbons (Fsp3) is 0.889. The summed E-state index contributed by atoms with van der Waals surface area (Å²) in [5.74, 6) is -0.203. The number of nitrogens with zero attached hydrogens (tertiary/aromatic N) is 1. The van der Waals surface area contributed by atoms with Crippen molar-refractivity contribution in [2.75, 3.05) is 26.2 Å². The van der Waals surface area contributed by atoms with E-state index in [0.717, 1.165) is 38.8 Å². The first-order chi connectivity index (χ1) is 11.3. The van der Waals surface area contributed by atoms with Gasteiger partial charge in [-0.1, -0.05) is 0 Å². The maximum Gasteiger partial charge on any atom is 0.325 e. The first-order valence-corrected chi connectivity index (χ1v) is 9.17. The molecule has 1 N–H and O–H groups in total. The quantitative estimate of drug-likeness (QED) is 0.786. The van der Waals surface area contributed by atoms with Gasteiger partial charge in [0.25, 0.3) is 0 Å². The van der Waals surface area contributed by atoms with Crippen molar-refractivity contribution in [1.82, 2.24) is 10.2 Å². The number of nitrogens with one attached hydrogen (secondary N) is 1. The summed E-state index contributed by atoms with van der Waals surface area (Å²) < 4.78 is 10.7. The van der Waals surface area contributed by atoms with Gasteiger partial charge in [-0.3, -0.25) is 14.5 Å². The van der Waals surface area contributed by atoms with Gasteiger partial charge in [0.1, 0.15) is 11.6 Å². The highest BCUT2D eigenvalue weighted by molar-refractivity contribution is 5.77. The van der Waals surface area contributed by atoms with E-state index in [9.17, 15) is 9.59 Å². The van der Waals surface area contributed by atoms with Crippen LogP contribution < -0.4 is 5.32 Å². The minimum absolute atomic E-state index is 0.0177. The molecule has 1 saturated carbocycles. The third kappa shape index (κ3) is 5.18. The molecule has 1 heterocycles. The van der Waals surface area contributed by atoms with Crippen LogP contribution in [0.2, 0.25) is 0 Å². The van der Waals surface area contributed by atoms with Crippen LogP contribution in [0.25, 0.3) is 0 Å². The van der Waals surface area contributed by atoms with Crippen molar-refractivity contribution < 1.29 is 19.1 Å². The molecule has 2 fully saturated rings. The maximum atomic E-state index is 12.5. The highest BCUT2D eigenvalue weighted by Gasteiger charge is 2.38. The Balaban J connectivity index is 1.94. The number of ether oxygens (including phenoxy) is 2. The summed E-state index contributed by atoms with van der Waals surface area (Å²) in [5, 5.41) is 3.30. The molecular weight excluding hydrogens is 308 g/mol. The van der Waals surface area contributed by atoms with E-state index >= 15 is 0 Å².